The average Bonchev–Trinajstić information content (AvgIpc) is 2.69. The van der Waals surface area contributed by atoms with Gasteiger partial charge in [-0.2, -0.15) is 0 Å². The van der Waals surface area contributed by atoms with Crippen LogP contribution in [0.15, 0.2) is 6.07 Å². The molecule has 1 fully saturated rings. The smallest absolute Gasteiger partial charge is 0.255 e. The van der Waals surface area contributed by atoms with E-state index in [9.17, 15) is 9.59 Å². The lowest BCUT2D eigenvalue weighted by Gasteiger charge is -2.26. The molecule has 1 aliphatic rings. The van der Waals surface area contributed by atoms with Gasteiger partial charge in [0.1, 0.15) is 0 Å². The van der Waals surface area contributed by atoms with Gasteiger partial charge in [0.15, 0.2) is 0 Å². The monoisotopic (exact) mass is 361 g/mol. The van der Waals surface area contributed by atoms with Gasteiger partial charge in [0.05, 0.1) is 5.56 Å². The maximum absolute atomic E-state index is 13.1. The minimum Gasteiger partial charge on any atom is -0.346 e. The Kier molecular flexibility index (Phi) is 6.20. The first-order valence-corrected chi connectivity index (χ1v) is 9.76. The van der Waals surface area contributed by atoms with E-state index in [0.29, 0.717) is 32.1 Å². The number of rotatable bonds is 3. The second-order valence-corrected chi connectivity index (χ2v) is 9.01. The molecule has 146 valence electrons. The summed E-state index contributed by atoms with van der Waals surface area (Å²) in [6.07, 6.45) is 1.39. The van der Waals surface area contributed by atoms with E-state index in [-0.39, 0.29) is 17.2 Å². The molecule has 2 heterocycles. The maximum atomic E-state index is 13.1. The van der Waals surface area contributed by atoms with E-state index in [1.54, 1.807) is 0 Å². The normalized spacial score (nSPS) is 16.2. The van der Waals surface area contributed by atoms with Crippen LogP contribution in [0.5, 0.6) is 0 Å². The fraction of sp³-hybridized carbons (Fsp3) is 0.714. The van der Waals surface area contributed by atoms with Crippen LogP contribution in [0.1, 0.15) is 75.2 Å². The number of nitrogens with zero attached hydrogens (tertiary/aromatic N) is 3. The van der Waals surface area contributed by atoms with E-state index in [0.717, 1.165) is 29.9 Å². The molecule has 0 atom stereocenters. The summed E-state index contributed by atoms with van der Waals surface area (Å²) < 4.78 is 2.21. The van der Waals surface area contributed by atoms with Gasteiger partial charge in [0.25, 0.3) is 5.91 Å². The molecule has 0 aliphatic carbocycles. The van der Waals surface area contributed by atoms with E-state index in [1.807, 2.05) is 22.8 Å². The Morgan fingerprint density at radius 1 is 1.04 bits per heavy atom. The lowest BCUT2D eigenvalue weighted by Crippen LogP contribution is -2.38. The van der Waals surface area contributed by atoms with Crippen molar-refractivity contribution in [2.45, 2.75) is 67.3 Å². The summed E-state index contributed by atoms with van der Waals surface area (Å²) in [5.74, 6) is 0.292. The van der Waals surface area contributed by atoms with Crippen molar-refractivity contribution in [1.29, 1.82) is 0 Å². The first-order valence-electron chi connectivity index (χ1n) is 9.76. The summed E-state index contributed by atoms with van der Waals surface area (Å²) in [7, 11) is 0. The van der Waals surface area contributed by atoms with E-state index in [1.165, 1.54) is 0 Å². The largest absolute Gasteiger partial charge is 0.346 e. The molecular formula is C21H35N3O2. The van der Waals surface area contributed by atoms with Crippen LogP contribution in [0.3, 0.4) is 0 Å². The third-order valence-corrected chi connectivity index (χ3v) is 5.05. The Labute approximate surface area is 158 Å². The number of amides is 2. The van der Waals surface area contributed by atoms with Crippen LogP contribution >= 0.6 is 0 Å². The molecule has 2 rings (SSSR count). The van der Waals surface area contributed by atoms with Crippen LogP contribution in [-0.4, -0.2) is 52.4 Å². The third kappa shape index (κ3) is 4.68. The average molecular weight is 362 g/mol. The molecule has 26 heavy (non-hydrogen) atoms. The van der Waals surface area contributed by atoms with Crippen molar-refractivity contribution in [2.24, 2.45) is 5.41 Å². The van der Waals surface area contributed by atoms with Gasteiger partial charge in [0, 0.05) is 50.0 Å². The topological polar surface area (TPSA) is 45.6 Å². The molecule has 0 N–H and O–H groups in total. The third-order valence-electron chi connectivity index (χ3n) is 5.05. The second-order valence-electron chi connectivity index (χ2n) is 9.01. The molecule has 0 spiro atoms. The second kappa shape index (κ2) is 7.85. The molecular weight excluding hydrogens is 326 g/mol. The highest BCUT2D eigenvalue weighted by molar-refractivity contribution is 5.95. The molecule has 5 nitrogen and oxygen atoms in total. The highest BCUT2D eigenvalue weighted by Gasteiger charge is 2.27. The van der Waals surface area contributed by atoms with E-state index >= 15 is 0 Å². The van der Waals surface area contributed by atoms with Gasteiger partial charge in [-0.05, 0) is 45.6 Å². The van der Waals surface area contributed by atoms with Gasteiger partial charge >= 0.3 is 0 Å². The van der Waals surface area contributed by atoms with Gasteiger partial charge < -0.3 is 14.4 Å². The minimum atomic E-state index is -0.00666. The van der Waals surface area contributed by atoms with E-state index < -0.39 is 0 Å². The number of aryl methyl sites for hydroxylation is 1. The van der Waals surface area contributed by atoms with Gasteiger partial charge in [-0.3, -0.25) is 9.59 Å². The van der Waals surface area contributed by atoms with Gasteiger partial charge in [0.2, 0.25) is 5.91 Å². The Hall–Kier alpha value is -1.78. The number of aromatic nitrogens is 1. The number of hydrogen-bond donors (Lipinski definition) is 0. The molecule has 0 saturated carbocycles. The highest BCUT2D eigenvalue weighted by Crippen LogP contribution is 2.23. The Bertz CT molecular complexity index is 668. The van der Waals surface area contributed by atoms with Crippen molar-refractivity contribution in [2.75, 3.05) is 26.2 Å². The predicted octanol–water partition coefficient (Wildman–Crippen LogP) is 3.80. The SMILES string of the molecule is Cc1cc(C(=O)N2CCCN(C(=O)CC(C)(C)C)CC2)c(C)n1C(C)C. The van der Waals surface area contributed by atoms with Crippen molar-refractivity contribution in [3.63, 3.8) is 0 Å². The number of hydrogen-bond acceptors (Lipinski definition) is 2. The van der Waals surface area contributed by atoms with Crippen molar-refractivity contribution in [1.82, 2.24) is 14.4 Å². The number of carbonyl (C=O) groups excluding carboxylic acids is 2. The summed E-state index contributed by atoms with van der Waals surface area (Å²) in [6.45, 7) is 17.3. The predicted molar refractivity (Wildman–Crippen MR) is 105 cm³/mol. The highest BCUT2D eigenvalue weighted by atomic mass is 16.2. The van der Waals surface area contributed by atoms with Crippen LogP contribution in [0, 0.1) is 19.3 Å². The molecule has 1 aromatic heterocycles. The molecule has 1 aliphatic heterocycles. The zero-order valence-corrected chi connectivity index (χ0v) is 17.6. The quantitative estimate of drug-likeness (QED) is 0.822. The summed E-state index contributed by atoms with van der Waals surface area (Å²) in [5.41, 5.74) is 2.95. The van der Waals surface area contributed by atoms with Gasteiger partial charge in [-0.25, -0.2) is 0 Å². The number of carbonyl (C=O) groups is 2. The molecule has 0 radical (unpaired) electrons. The van der Waals surface area contributed by atoms with Crippen molar-refractivity contribution >= 4 is 11.8 Å². The Morgan fingerprint density at radius 2 is 1.62 bits per heavy atom. The van der Waals surface area contributed by atoms with E-state index in [4.69, 9.17) is 0 Å². The lowest BCUT2D eigenvalue weighted by atomic mass is 9.91. The molecule has 5 heteroatoms. The lowest BCUT2D eigenvalue weighted by molar-refractivity contribution is -0.132. The summed E-state index contributed by atoms with van der Waals surface area (Å²) in [6, 6.07) is 2.34. The minimum absolute atomic E-state index is 0.00666. The first-order chi connectivity index (χ1) is 12.0. The molecule has 0 aromatic carbocycles. The summed E-state index contributed by atoms with van der Waals surface area (Å²) >= 11 is 0. The summed E-state index contributed by atoms with van der Waals surface area (Å²) in [5, 5.41) is 0. The fourth-order valence-electron chi connectivity index (χ4n) is 3.89. The Morgan fingerprint density at radius 3 is 2.15 bits per heavy atom. The van der Waals surface area contributed by atoms with Crippen molar-refractivity contribution < 1.29 is 9.59 Å². The Balaban J connectivity index is 2.08. The van der Waals surface area contributed by atoms with Crippen molar-refractivity contribution in [3.05, 3.63) is 23.0 Å². The zero-order valence-electron chi connectivity index (χ0n) is 17.6. The van der Waals surface area contributed by atoms with Crippen LogP contribution in [0.2, 0.25) is 0 Å². The summed E-state index contributed by atoms with van der Waals surface area (Å²) in [4.78, 5) is 29.4. The maximum Gasteiger partial charge on any atom is 0.255 e. The molecule has 1 aromatic rings. The van der Waals surface area contributed by atoms with Gasteiger partial charge in [-0.1, -0.05) is 20.8 Å². The fourth-order valence-corrected chi connectivity index (χ4v) is 3.89. The first kappa shape index (κ1) is 20.5. The van der Waals surface area contributed by atoms with Gasteiger partial charge in [-0.15, -0.1) is 0 Å². The molecule has 0 bridgehead atoms. The van der Waals surface area contributed by atoms with Crippen LogP contribution in [0.25, 0.3) is 0 Å². The van der Waals surface area contributed by atoms with Crippen LogP contribution in [0.4, 0.5) is 0 Å². The van der Waals surface area contributed by atoms with Crippen LogP contribution < -0.4 is 0 Å². The molecule has 2 amide bonds. The molecule has 0 unspecified atom stereocenters. The van der Waals surface area contributed by atoms with Crippen LogP contribution in [-0.2, 0) is 4.79 Å². The standard InChI is InChI=1S/C21H35N3O2/c1-15(2)24-16(3)13-18(17(24)4)20(26)23-10-8-9-22(11-12-23)19(25)14-21(5,6)7/h13,15H,8-12,14H2,1-7H3. The van der Waals surface area contributed by atoms with Crippen molar-refractivity contribution in [3.8, 4) is 0 Å². The molecule has 1 saturated heterocycles. The zero-order chi connectivity index (χ0) is 19.6. The van der Waals surface area contributed by atoms with E-state index in [2.05, 4.69) is 46.1 Å².